The molecule has 5 nitrogen and oxygen atoms in total. The molecule has 0 aliphatic rings. The Morgan fingerprint density at radius 1 is 1.24 bits per heavy atom. The summed E-state index contributed by atoms with van der Waals surface area (Å²) in [7, 11) is 0. The van der Waals surface area contributed by atoms with Gasteiger partial charge < -0.3 is 15.6 Å². The average Bonchev–Trinajstić information content (AvgIpc) is 2.50. The molecule has 1 heterocycles. The molecule has 1 aromatic heterocycles. The number of hydrogen-bond acceptors (Lipinski definition) is 4. The van der Waals surface area contributed by atoms with E-state index in [-0.39, 0.29) is 5.56 Å². The fourth-order valence-electron chi connectivity index (χ4n) is 2.16. The molecular weight excluding hydrogens is 264 g/mol. The molecule has 5 heteroatoms. The number of nitrogens with zero attached hydrogens (tertiary/aromatic N) is 2. The zero-order chi connectivity index (χ0) is 15.1. The first-order valence-corrected chi connectivity index (χ1v) is 7.31. The van der Waals surface area contributed by atoms with E-state index >= 15 is 0 Å². The summed E-state index contributed by atoms with van der Waals surface area (Å²) in [6.45, 7) is 4.00. The predicted molar refractivity (Wildman–Crippen MR) is 85.3 cm³/mol. The molecule has 0 saturated carbocycles. The lowest BCUT2D eigenvalue weighted by molar-refractivity contribution is 0.649. The summed E-state index contributed by atoms with van der Waals surface area (Å²) in [6.07, 6.45) is 5.18. The van der Waals surface area contributed by atoms with Crippen LogP contribution in [0, 0.1) is 0 Å². The highest BCUT2D eigenvalue weighted by atomic mass is 16.1. The predicted octanol–water partition coefficient (Wildman–Crippen LogP) is 1.77. The summed E-state index contributed by atoms with van der Waals surface area (Å²) >= 11 is 0. The standard InChI is InChI=1S/C16H22N4O/c1-2-10-20-11-9-18-15(16(20)21)19-12-14-5-3-13(4-6-14)7-8-17/h3-6,9,11H,2,7-8,10,12,17H2,1H3,(H,18,19). The molecule has 2 rings (SSSR count). The number of aryl methyl sites for hydroxylation is 1. The van der Waals surface area contributed by atoms with Crippen molar-refractivity contribution in [2.24, 2.45) is 5.73 Å². The first-order chi connectivity index (χ1) is 10.2. The van der Waals surface area contributed by atoms with Gasteiger partial charge in [0.05, 0.1) is 0 Å². The smallest absolute Gasteiger partial charge is 0.293 e. The maximum atomic E-state index is 12.1. The van der Waals surface area contributed by atoms with Gasteiger partial charge in [-0.25, -0.2) is 4.98 Å². The lowest BCUT2D eigenvalue weighted by Crippen LogP contribution is -2.24. The molecule has 1 aromatic carbocycles. The Hall–Kier alpha value is -2.14. The number of hydrogen-bond donors (Lipinski definition) is 2. The van der Waals surface area contributed by atoms with E-state index in [1.54, 1.807) is 17.0 Å². The zero-order valence-electron chi connectivity index (χ0n) is 12.4. The van der Waals surface area contributed by atoms with E-state index in [9.17, 15) is 4.79 Å². The molecule has 0 amide bonds. The second kappa shape index (κ2) is 7.59. The first-order valence-electron chi connectivity index (χ1n) is 7.31. The van der Waals surface area contributed by atoms with Crippen molar-refractivity contribution in [2.45, 2.75) is 32.9 Å². The molecule has 2 aromatic rings. The van der Waals surface area contributed by atoms with Crippen LogP contribution in [0.2, 0.25) is 0 Å². The van der Waals surface area contributed by atoms with Gasteiger partial charge in [-0.3, -0.25) is 4.79 Å². The summed E-state index contributed by atoms with van der Waals surface area (Å²) in [4.78, 5) is 16.3. The van der Waals surface area contributed by atoms with Crippen LogP contribution in [0.15, 0.2) is 41.5 Å². The fourth-order valence-corrected chi connectivity index (χ4v) is 2.16. The van der Waals surface area contributed by atoms with Crippen LogP contribution >= 0.6 is 0 Å². The van der Waals surface area contributed by atoms with Crippen molar-refractivity contribution in [3.8, 4) is 0 Å². The fraction of sp³-hybridized carbons (Fsp3) is 0.375. The Labute approximate surface area is 124 Å². The molecule has 0 spiro atoms. The van der Waals surface area contributed by atoms with Crippen molar-refractivity contribution in [1.29, 1.82) is 0 Å². The summed E-state index contributed by atoms with van der Waals surface area (Å²) in [5.41, 5.74) is 7.80. The number of benzene rings is 1. The minimum atomic E-state index is -0.0703. The van der Waals surface area contributed by atoms with Crippen LogP contribution in [0.5, 0.6) is 0 Å². The van der Waals surface area contributed by atoms with Crippen molar-refractivity contribution in [2.75, 3.05) is 11.9 Å². The monoisotopic (exact) mass is 286 g/mol. The van der Waals surface area contributed by atoms with E-state index in [1.165, 1.54) is 5.56 Å². The summed E-state index contributed by atoms with van der Waals surface area (Å²) < 4.78 is 1.68. The van der Waals surface area contributed by atoms with Crippen LogP contribution < -0.4 is 16.6 Å². The normalized spacial score (nSPS) is 10.6. The van der Waals surface area contributed by atoms with Crippen molar-refractivity contribution in [3.63, 3.8) is 0 Å². The third-order valence-electron chi connectivity index (χ3n) is 3.29. The Balaban J connectivity index is 2.02. The van der Waals surface area contributed by atoms with Crippen LogP contribution in [-0.4, -0.2) is 16.1 Å². The third kappa shape index (κ3) is 4.16. The van der Waals surface area contributed by atoms with Gasteiger partial charge in [0.2, 0.25) is 0 Å². The minimum Gasteiger partial charge on any atom is -0.361 e. The number of nitrogens with two attached hydrogens (primary N) is 1. The van der Waals surface area contributed by atoms with E-state index in [1.807, 2.05) is 19.1 Å². The maximum Gasteiger partial charge on any atom is 0.293 e. The second-order valence-electron chi connectivity index (χ2n) is 4.98. The number of rotatable bonds is 7. The van der Waals surface area contributed by atoms with Gasteiger partial charge in [0, 0.05) is 25.5 Å². The van der Waals surface area contributed by atoms with Gasteiger partial charge in [0.15, 0.2) is 5.82 Å². The molecule has 0 radical (unpaired) electrons. The highest BCUT2D eigenvalue weighted by Gasteiger charge is 2.04. The molecular formula is C16H22N4O. The molecule has 0 unspecified atom stereocenters. The lowest BCUT2D eigenvalue weighted by Gasteiger charge is -2.08. The van der Waals surface area contributed by atoms with Crippen LogP contribution in [0.25, 0.3) is 0 Å². The van der Waals surface area contributed by atoms with Gasteiger partial charge in [0.25, 0.3) is 5.56 Å². The Bertz CT molecular complexity index is 619. The van der Waals surface area contributed by atoms with Gasteiger partial charge in [0.1, 0.15) is 0 Å². The van der Waals surface area contributed by atoms with Gasteiger partial charge >= 0.3 is 0 Å². The second-order valence-corrected chi connectivity index (χ2v) is 4.98. The SMILES string of the molecule is CCCn1ccnc(NCc2ccc(CCN)cc2)c1=O. The molecule has 0 fully saturated rings. The summed E-state index contributed by atoms with van der Waals surface area (Å²) in [5, 5.41) is 3.11. The molecule has 112 valence electrons. The van der Waals surface area contributed by atoms with Crippen LogP contribution in [0.1, 0.15) is 24.5 Å². The number of nitrogens with one attached hydrogen (secondary N) is 1. The van der Waals surface area contributed by atoms with Crippen LogP contribution in [0.4, 0.5) is 5.82 Å². The molecule has 0 aliphatic carbocycles. The molecule has 0 saturated heterocycles. The minimum absolute atomic E-state index is 0.0703. The van der Waals surface area contributed by atoms with Crippen molar-refractivity contribution >= 4 is 5.82 Å². The number of aromatic nitrogens is 2. The Morgan fingerprint density at radius 3 is 2.62 bits per heavy atom. The van der Waals surface area contributed by atoms with Crippen LogP contribution in [-0.2, 0) is 19.5 Å². The molecule has 0 aliphatic heterocycles. The molecule has 0 atom stereocenters. The van der Waals surface area contributed by atoms with E-state index < -0.39 is 0 Å². The van der Waals surface area contributed by atoms with Gasteiger partial charge in [-0.1, -0.05) is 31.2 Å². The Morgan fingerprint density at radius 2 is 1.95 bits per heavy atom. The molecule has 21 heavy (non-hydrogen) atoms. The number of anilines is 1. The van der Waals surface area contributed by atoms with Crippen molar-refractivity contribution in [1.82, 2.24) is 9.55 Å². The van der Waals surface area contributed by atoms with E-state index in [4.69, 9.17) is 5.73 Å². The highest BCUT2D eigenvalue weighted by Crippen LogP contribution is 2.06. The largest absolute Gasteiger partial charge is 0.361 e. The van der Waals surface area contributed by atoms with E-state index in [0.29, 0.717) is 25.5 Å². The Kier molecular flexibility index (Phi) is 5.51. The van der Waals surface area contributed by atoms with Gasteiger partial charge in [-0.2, -0.15) is 0 Å². The third-order valence-corrected chi connectivity index (χ3v) is 3.29. The van der Waals surface area contributed by atoms with Crippen LogP contribution in [0.3, 0.4) is 0 Å². The maximum absolute atomic E-state index is 12.1. The quantitative estimate of drug-likeness (QED) is 0.813. The zero-order valence-corrected chi connectivity index (χ0v) is 12.4. The van der Waals surface area contributed by atoms with Gasteiger partial charge in [-0.05, 0) is 30.5 Å². The summed E-state index contributed by atoms with van der Waals surface area (Å²) in [6, 6.07) is 8.23. The lowest BCUT2D eigenvalue weighted by atomic mass is 10.1. The van der Waals surface area contributed by atoms with E-state index in [0.717, 1.165) is 18.4 Å². The highest BCUT2D eigenvalue weighted by molar-refractivity contribution is 5.33. The molecule has 3 N–H and O–H groups in total. The van der Waals surface area contributed by atoms with Gasteiger partial charge in [-0.15, -0.1) is 0 Å². The van der Waals surface area contributed by atoms with Crippen molar-refractivity contribution < 1.29 is 0 Å². The topological polar surface area (TPSA) is 72.9 Å². The van der Waals surface area contributed by atoms with Crippen molar-refractivity contribution in [3.05, 3.63) is 58.1 Å². The first kappa shape index (κ1) is 15.3. The summed E-state index contributed by atoms with van der Waals surface area (Å²) in [5.74, 6) is 0.400. The van der Waals surface area contributed by atoms with E-state index in [2.05, 4.69) is 22.4 Å². The molecule has 0 bridgehead atoms. The average molecular weight is 286 g/mol.